The number of rotatable bonds is 4. The molecular formula is C19H20N6OS. The van der Waals surface area contributed by atoms with Crippen LogP contribution in [0.1, 0.15) is 17.4 Å². The Labute approximate surface area is 161 Å². The second-order valence-electron chi connectivity index (χ2n) is 6.62. The molecule has 2 aromatic heterocycles. The molecule has 8 heteroatoms. The lowest BCUT2D eigenvalue weighted by atomic mass is 10.00. The molecule has 27 heavy (non-hydrogen) atoms. The van der Waals surface area contributed by atoms with Gasteiger partial charge in [-0.2, -0.15) is 0 Å². The zero-order valence-corrected chi connectivity index (χ0v) is 16.2. The molecule has 0 radical (unpaired) electrons. The highest BCUT2D eigenvalue weighted by Gasteiger charge is 2.23. The summed E-state index contributed by atoms with van der Waals surface area (Å²) >= 11 is 1.72. The normalized spacial score (nSPS) is 12.1. The molecule has 2 heterocycles. The van der Waals surface area contributed by atoms with E-state index >= 15 is 0 Å². The maximum Gasteiger partial charge on any atom is 0.227 e. The minimum Gasteiger partial charge on any atom is -0.354 e. The number of aryl methyl sites for hydroxylation is 2. The largest absolute Gasteiger partial charge is 0.354 e. The van der Waals surface area contributed by atoms with Crippen LogP contribution < -0.4 is 15.5 Å². The van der Waals surface area contributed by atoms with Crippen molar-refractivity contribution in [3.63, 3.8) is 0 Å². The third-order valence-corrected chi connectivity index (χ3v) is 5.50. The number of amides is 1. The fourth-order valence-corrected chi connectivity index (χ4v) is 3.98. The molecule has 0 unspecified atom stereocenters. The molecule has 7 nitrogen and oxygen atoms in total. The van der Waals surface area contributed by atoms with Gasteiger partial charge in [-0.15, -0.1) is 11.3 Å². The van der Waals surface area contributed by atoms with Crippen LogP contribution in [-0.2, 0) is 17.6 Å². The lowest BCUT2D eigenvalue weighted by Gasteiger charge is -2.15. The van der Waals surface area contributed by atoms with E-state index in [-0.39, 0.29) is 5.91 Å². The average Bonchev–Trinajstić information content (AvgIpc) is 3.06. The molecular weight excluding hydrogens is 360 g/mol. The highest BCUT2D eigenvalue weighted by molar-refractivity contribution is 7.16. The number of benzene rings is 1. The number of nitrogens with one attached hydrogen (secondary N) is 2. The summed E-state index contributed by atoms with van der Waals surface area (Å²) in [5.74, 6) is 0.408. The monoisotopic (exact) mass is 380 g/mol. The molecule has 0 bridgehead atoms. The first-order valence-electron chi connectivity index (χ1n) is 8.67. The smallest absolute Gasteiger partial charge is 0.227 e. The summed E-state index contributed by atoms with van der Waals surface area (Å²) in [6.07, 6.45) is 3.78. The molecule has 4 rings (SSSR count). The summed E-state index contributed by atoms with van der Waals surface area (Å²) in [6.45, 7) is 1.49. The van der Waals surface area contributed by atoms with Crippen LogP contribution in [0.2, 0.25) is 0 Å². The van der Waals surface area contributed by atoms with Crippen molar-refractivity contribution in [2.75, 3.05) is 29.6 Å². The first-order valence-corrected chi connectivity index (χ1v) is 9.49. The van der Waals surface area contributed by atoms with Crippen molar-refractivity contribution in [2.45, 2.75) is 19.8 Å². The quantitative estimate of drug-likeness (QED) is 0.721. The van der Waals surface area contributed by atoms with E-state index in [0.717, 1.165) is 46.3 Å². The first kappa shape index (κ1) is 17.4. The van der Waals surface area contributed by atoms with Crippen LogP contribution >= 0.6 is 11.3 Å². The van der Waals surface area contributed by atoms with Gasteiger partial charge in [0.2, 0.25) is 11.9 Å². The van der Waals surface area contributed by atoms with Crippen molar-refractivity contribution in [1.29, 1.82) is 0 Å². The van der Waals surface area contributed by atoms with E-state index in [4.69, 9.17) is 9.97 Å². The Balaban J connectivity index is 1.64. The number of thiazole rings is 1. The number of nitrogens with zero attached hydrogens (tertiary/aromatic N) is 4. The summed E-state index contributed by atoms with van der Waals surface area (Å²) in [7, 11) is 4.00. The molecule has 0 spiro atoms. The van der Waals surface area contributed by atoms with Crippen LogP contribution in [-0.4, -0.2) is 35.0 Å². The van der Waals surface area contributed by atoms with E-state index in [2.05, 4.69) is 15.6 Å². The van der Waals surface area contributed by atoms with Crippen LogP contribution in [0.4, 0.5) is 22.5 Å². The Bertz CT molecular complexity index is 1010. The highest BCUT2D eigenvalue weighted by atomic mass is 32.1. The summed E-state index contributed by atoms with van der Waals surface area (Å²) in [6, 6.07) is 7.47. The molecule has 1 aliphatic carbocycles. The van der Waals surface area contributed by atoms with Crippen molar-refractivity contribution in [3.05, 3.63) is 40.9 Å². The van der Waals surface area contributed by atoms with Crippen molar-refractivity contribution in [3.8, 4) is 11.4 Å². The maximum atomic E-state index is 11.2. The van der Waals surface area contributed by atoms with Crippen LogP contribution in [0.15, 0.2) is 30.5 Å². The average molecular weight is 380 g/mol. The minimum atomic E-state index is -0.107. The van der Waals surface area contributed by atoms with Gasteiger partial charge >= 0.3 is 0 Å². The van der Waals surface area contributed by atoms with Gasteiger partial charge in [0.1, 0.15) is 5.69 Å². The fourth-order valence-electron chi connectivity index (χ4n) is 3.00. The fraction of sp³-hybridized carbons (Fsp3) is 0.263. The molecule has 0 atom stereocenters. The highest BCUT2D eigenvalue weighted by Crippen LogP contribution is 2.38. The van der Waals surface area contributed by atoms with Gasteiger partial charge in [0, 0.05) is 43.5 Å². The van der Waals surface area contributed by atoms with E-state index in [1.807, 2.05) is 49.5 Å². The number of hydrogen-bond donors (Lipinski definition) is 2. The third kappa shape index (κ3) is 3.61. The second-order valence-corrected chi connectivity index (χ2v) is 7.68. The maximum absolute atomic E-state index is 11.2. The predicted molar refractivity (Wildman–Crippen MR) is 109 cm³/mol. The molecule has 0 aliphatic heterocycles. The second kappa shape index (κ2) is 6.96. The SMILES string of the molecule is CC(=O)Nc1cccc(Nc2ncc3c(n2)-c2nc(N(C)C)sc2CC3)c1. The molecule has 1 amide bonds. The number of hydrogen-bond acceptors (Lipinski definition) is 7. The van der Waals surface area contributed by atoms with Gasteiger partial charge in [0.25, 0.3) is 0 Å². The molecule has 1 aliphatic rings. The molecule has 1 aromatic carbocycles. The molecule has 0 fully saturated rings. The Hall–Kier alpha value is -3.00. The van der Waals surface area contributed by atoms with Crippen LogP contribution in [0.5, 0.6) is 0 Å². The third-order valence-electron chi connectivity index (χ3n) is 4.22. The van der Waals surface area contributed by atoms with E-state index in [1.165, 1.54) is 11.8 Å². The molecule has 3 aromatic rings. The first-order chi connectivity index (χ1) is 13.0. The van der Waals surface area contributed by atoms with Crippen molar-refractivity contribution in [2.24, 2.45) is 0 Å². The number of fused-ring (bicyclic) bond motifs is 3. The van der Waals surface area contributed by atoms with Crippen LogP contribution in [0.25, 0.3) is 11.4 Å². The number of carbonyl (C=O) groups is 1. The number of anilines is 4. The van der Waals surface area contributed by atoms with Gasteiger partial charge in [-0.05, 0) is 36.6 Å². The summed E-state index contributed by atoms with van der Waals surface area (Å²) in [4.78, 5) is 28.5. The van der Waals surface area contributed by atoms with E-state index in [0.29, 0.717) is 5.95 Å². The van der Waals surface area contributed by atoms with Crippen molar-refractivity contribution in [1.82, 2.24) is 15.0 Å². The summed E-state index contributed by atoms with van der Waals surface area (Å²) in [5, 5.41) is 6.98. The number of carbonyl (C=O) groups excluding carboxylic acids is 1. The Morgan fingerprint density at radius 2 is 1.96 bits per heavy atom. The van der Waals surface area contributed by atoms with Gasteiger partial charge in [-0.1, -0.05) is 6.07 Å². The molecule has 0 saturated carbocycles. The Kier molecular flexibility index (Phi) is 4.49. The standard InChI is InChI=1S/C19H20N6OS/c1-11(26)21-13-5-4-6-14(9-13)22-18-20-10-12-7-8-15-17(16(12)23-18)24-19(27-15)25(2)3/h4-6,9-10H,7-8H2,1-3H3,(H,21,26)(H,20,22,23). The molecule has 0 saturated heterocycles. The van der Waals surface area contributed by atoms with Gasteiger partial charge in [0.05, 0.1) is 5.69 Å². The van der Waals surface area contributed by atoms with Crippen LogP contribution in [0.3, 0.4) is 0 Å². The van der Waals surface area contributed by atoms with E-state index in [1.54, 1.807) is 11.3 Å². The van der Waals surface area contributed by atoms with Gasteiger partial charge in [-0.25, -0.2) is 15.0 Å². The minimum absolute atomic E-state index is 0.107. The summed E-state index contributed by atoms with van der Waals surface area (Å²) in [5.41, 5.74) is 4.52. The summed E-state index contributed by atoms with van der Waals surface area (Å²) < 4.78 is 0. The van der Waals surface area contributed by atoms with E-state index in [9.17, 15) is 4.79 Å². The Morgan fingerprint density at radius 1 is 1.15 bits per heavy atom. The lowest BCUT2D eigenvalue weighted by molar-refractivity contribution is -0.114. The van der Waals surface area contributed by atoms with Crippen LogP contribution in [0, 0.1) is 0 Å². The zero-order valence-electron chi connectivity index (χ0n) is 15.4. The molecule has 2 N–H and O–H groups in total. The van der Waals surface area contributed by atoms with Crippen molar-refractivity contribution < 1.29 is 4.79 Å². The van der Waals surface area contributed by atoms with Gasteiger partial charge < -0.3 is 15.5 Å². The number of aromatic nitrogens is 3. The van der Waals surface area contributed by atoms with E-state index < -0.39 is 0 Å². The topological polar surface area (TPSA) is 83.0 Å². The molecule has 138 valence electrons. The lowest BCUT2D eigenvalue weighted by Crippen LogP contribution is -2.09. The van der Waals surface area contributed by atoms with Crippen molar-refractivity contribution >= 4 is 39.7 Å². The van der Waals surface area contributed by atoms with Gasteiger partial charge in [0.15, 0.2) is 5.13 Å². The Morgan fingerprint density at radius 3 is 2.74 bits per heavy atom. The van der Waals surface area contributed by atoms with Gasteiger partial charge in [-0.3, -0.25) is 4.79 Å². The predicted octanol–water partition coefficient (Wildman–Crippen LogP) is 3.47. The zero-order chi connectivity index (χ0) is 19.0.